The molecule has 0 radical (unpaired) electrons. The average molecular weight is 365 g/mol. The number of carboxylic acids is 1. The van der Waals surface area contributed by atoms with Crippen molar-refractivity contribution in [3.8, 4) is 5.69 Å². The molecule has 4 rings (SSSR count). The van der Waals surface area contributed by atoms with Gasteiger partial charge in [-0.1, -0.05) is 36.4 Å². The van der Waals surface area contributed by atoms with Crippen LogP contribution in [0, 0.1) is 10.1 Å². The first-order valence-corrected chi connectivity index (χ1v) is 8.31. The molecule has 136 valence electrons. The second-order valence-electron chi connectivity index (χ2n) is 6.15. The summed E-state index contributed by atoms with van der Waals surface area (Å²) in [6.07, 6.45) is 0.758. The molecule has 0 unspecified atom stereocenters. The first-order valence-electron chi connectivity index (χ1n) is 8.31. The molecular weight excluding hydrogens is 350 g/mol. The van der Waals surface area contributed by atoms with Crippen molar-refractivity contribution in [1.29, 1.82) is 0 Å². The Morgan fingerprint density at radius 1 is 1.07 bits per heavy atom. The number of nitrogens with zero attached hydrogens (tertiary/aromatic N) is 5. The number of fused-ring (bicyclic) bond motifs is 1. The minimum Gasteiger partial charge on any atom is -0.476 e. The molecule has 0 fully saturated rings. The average Bonchev–Trinajstić information content (AvgIpc) is 3.13. The van der Waals surface area contributed by atoms with E-state index in [1.807, 2.05) is 23.1 Å². The Morgan fingerprint density at radius 3 is 2.52 bits per heavy atom. The molecule has 0 amide bonds. The van der Waals surface area contributed by atoms with Gasteiger partial charge in [0, 0.05) is 19.2 Å². The lowest BCUT2D eigenvalue weighted by molar-refractivity contribution is -0.384. The van der Waals surface area contributed by atoms with Gasteiger partial charge in [-0.25, -0.2) is 4.79 Å². The van der Waals surface area contributed by atoms with Crippen LogP contribution in [-0.4, -0.2) is 37.5 Å². The molecule has 2 heterocycles. The van der Waals surface area contributed by atoms with Gasteiger partial charge in [0.1, 0.15) is 0 Å². The largest absolute Gasteiger partial charge is 0.476 e. The van der Waals surface area contributed by atoms with Gasteiger partial charge in [0.05, 0.1) is 4.92 Å². The molecule has 9 nitrogen and oxygen atoms in total. The molecule has 0 aliphatic carbocycles. The zero-order chi connectivity index (χ0) is 19.0. The Hall–Kier alpha value is -3.75. The van der Waals surface area contributed by atoms with Crippen molar-refractivity contribution in [3.63, 3.8) is 0 Å². The van der Waals surface area contributed by atoms with Gasteiger partial charge in [-0.2, -0.15) is 0 Å². The molecule has 2 aromatic carbocycles. The van der Waals surface area contributed by atoms with Gasteiger partial charge >= 0.3 is 5.97 Å². The smallest absolute Gasteiger partial charge is 0.360 e. The first-order chi connectivity index (χ1) is 13.0. The highest BCUT2D eigenvalue weighted by Gasteiger charge is 2.28. The highest BCUT2D eigenvalue weighted by molar-refractivity contribution is 5.91. The molecule has 1 aliphatic heterocycles. The van der Waals surface area contributed by atoms with Crippen molar-refractivity contribution < 1.29 is 14.8 Å². The summed E-state index contributed by atoms with van der Waals surface area (Å²) in [5, 5.41) is 29.1. The fourth-order valence-electron chi connectivity index (χ4n) is 3.22. The number of carboxylic acid groups (broad SMARTS) is 1. The van der Waals surface area contributed by atoms with E-state index < -0.39 is 10.9 Å². The molecule has 1 aromatic heterocycles. The quantitative estimate of drug-likeness (QED) is 0.558. The van der Waals surface area contributed by atoms with Gasteiger partial charge in [0.15, 0.2) is 11.5 Å². The van der Waals surface area contributed by atoms with E-state index in [1.165, 1.54) is 23.8 Å². The van der Waals surface area contributed by atoms with E-state index in [0.717, 1.165) is 16.8 Å². The number of carbonyl (C=O) groups is 1. The summed E-state index contributed by atoms with van der Waals surface area (Å²) in [7, 11) is 0. The lowest BCUT2D eigenvalue weighted by atomic mass is 10.00. The molecule has 0 saturated carbocycles. The van der Waals surface area contributed by atoms with Crippen molar-refractivity contribution in [2.45, 2.75) is 13.0 Å². The van der Waals surface area contributed by atoms with Crippen LogP contribution in [0.5, 0.6) is 0 Å². The predicted molar refractivity (Wildman–Crippen MR) is 96.2 cm³/mol. The first kappa shape index (κ1) is 16.7. The van der Waals surface area contributed by atoms with Gasteiger partial charge < -0.3 is 10.0 Å². The minimum absolute atomic E-state index is 0.119. The van der Waals surface area contributed by atoms with Crippen LogP contribution in [0.1, 0.15) is 21.6 Å². The number of para-hydroxylation sites is 2. The molecule has 0 bridgehead atoms. The molecule has 3 aromatic rings. The topological polar surface area (TPSA) is 114 Å². The maximum atomic E-state index is 11.7. The van der Waals surface area contributed by atoms with Crippen LogP contribution < -0.4 is 4.90 Å². The number of rotatable bonds is 4. The van der Waals surface area contributed by atoms with E-state index in [4.69, 9.17) is 0 Å². The monoisotopic (exact) mass is 365 g/mol. The zero-order valence-electron chi connectivity index (χ0n) is 14.1. The Balaban J connectivity index is 1.77. The molecule has 27 heavy (non-hydrogen) atoms. The lowest BCUT2D eigenvalue weighted by Crippen LogP contribution is -2.31. The lowest BCUT2D eigenvalue weighted by Gasteiger charge is -2.28. The summed E-state index contributed by atoms with van der Waals surface area (Å²) >= 11 is 0. The summed E-state index contributed by atoms with van der Waals surface area (Å²) in [6.45, 7) is 1.10. The Labute approximate surface area is 153 Å². The van der Waals surface area contributed by atoms with E-state index in [2.05, 4.69) is 16.3 Å². The normalized spacial score (nSPS) is 13.3. The summed E-state index contributed by atoms with van der Waals surface area (Å²) in [5.74, 6) is -1.02. The fourth-order valence-corrected chi connectivity index (χ4v) is 3.22. The van der Waals surface area contributed by atoms with Gasteiger partial charge in [-0.05, 0) is 23.6 Å². The Bertz CT molecular complexity index is 1050. The van der Waals surface area contributed by atoms with Crippen LogP contribution in [0.2, 0.25) is 0 Å². The van der Waals surface area contributed by atoms with Crippen molar-refractivity contribution >= 4 is 17.5 Å². The molecule has 9 heteroatoms. The maximum absolute atomic E-state index is 11.7. The Kier molecular flexibility index (Phi) is 4.03. The second kappa shape index (κ2) is 6.52. The number of aromatic carboxylic acids is 1. The maximum Gasteiger partial charge on any atom is 0.360 e. The van der Waals surface area contributed by atoms with Gasteiger partial charge in [0.25, 0.3) is 5.69 Å². The van der Waals surface area contributed by atoms with Crippen LogP contribution in [-0.2, 0) is 13.0 Å². The van der Waals surface area contributed by atoms with E-state index >= 15 is 0 Å². The standard InChI is InChI=1S/C18H15N5O4/c24-18(25)16-17(21-10-9-12-5-1-2-6-13(12)11-21)20-22(19-16)14-7-3-4-8-15(14)23(26)27/h1-8H,9-11H2,(H,24,25). The number of benzene rings is 2. The third-order valence-electron chi connectivity index (χ3n) is 4.52. The fraction of sp³-hybridized carbons (Fsp3) is 0.167. The third kappa shape index (κ3) is 2.99. The van der Waals surface area contributed by atoms with Crippen LogP contribution in [0.4, 0.5) is 11.5 Å². The highest BCUT2D eigenvalue weighted by atomic mass is 16.6. The SMILES string of the molecule is O=C(O)c1nn(-c2ccccc2[N+](=O)[O-])nc1N1CCc2ccccc2C1. The van der Waals surface area contributed by atoms with E-state index in [0.29, 0.717) is 13.1 Å². The molecule has 1 aliphatic rings. The number of nitro benzene ring substituents is 1. The van der Waals surface area contributed by atoms with Crippen molar-refractivity contribution in [2.75, 3.05) is 11.4 Å². The molecule has 0 spiro atoms. The molecular formula is C18H15N5O4. The summed E-state index contributed by atoms with van der Waals surface area (Å²) in [5.41, 5.74) is 2.01. The van der Waals surface area contributed by atoms with Crippen LogP contribution in [0.3, 0.4) is 0 Å². The van der Waals surface area contributed by atoms with Gasteiger partial charge in [-0.3, -0.25) is 10.1 Å². The number of anilines is 1. The summed E-state index contributed by atoms with van der Waals surface area (Å²) in [6, 6.07) is 13.9. The zero-order valence-corrected chi connectivity index (χ0v) is 14.1. The number of hydrogen-bond acceptors (Lipinski definition) is 6. The van der Waals surface area contributed by atoms with E-state index in [-0.39, 0.29) is 22.9 Å². The number of aromatic nitrogens is 3. The van der Waals surface area contributed by atoms with Crippen LogP contribution in [0.15, 0.2) is 48.5 Å². The van der Waals surface area contributed by atoms with Crippen molar-refractivity contribution in [3.05, 3.63) is 75.5 Å². The van der Waals surface area contributed by atoms with Gasteiger partial charge in [0.2, 0.25) is 5.69 Å². The summed E-state index contributed by atoms with van der Waals surface area (Å²) in [4.78, 5) is 25.3. The van der Waals surface area contributed by atoms with Crippen LogP contribution >= 0.6 is 0 Å². The van der Waals surface area contributed by atoms with Crippen LogP contribution in [0.25, 0.3) is 5.69 Å². The molecule has 1 N–H and O–H groups in total. The number of nitro groups is 1. The molecule has 0 atom stereocenters. The molecule has 0 saturated heterocycles. The highest BCUT2D eigenvalue weighted by Crippen LogP contribution is 2.27. The second-order valence-corrected chi connectivity index (χ2v) is 6.15. The van der Waals surface area contributed by atoms with Crippen molar-refractivity contribution in [1.82, 2.24) is 15.0 Å². The van der Waals surface area contributed by atoms with Gasteiger partial charge in [-0.15, -0.1) is 15.0 Å². The summed E-state index contributed by atoms with van der Waals surface area (Å²) < 4.78 is 0. The third-order valence-corrected chi connectivity index (χ3v) is 4.52. The minimum atomic E-state index is -1.23. The van der Waals surface area contributed by atoms with E-state index in [1.54, 1.807) is 6.07 Å². The van der Waals surface area contributed by atoms with Crippen molar-refractivity contribution in [2.24, 2.45) is 0 Å². The Morgan fingerprint density at radius 2 is 1.78 bits per heavy atom. The van der Waals surface area contributed by atoms with E-state index in [9.17, 15) is 20.0 Å². The number of hydrogen-bond donors (Lipinski definition) is 1. The predicted octanol–water partition coefficient (Wildman–Crippen LogP) is 2.44.